The molecule has 0 spiro atoms. The molecule has 0 heterocycles. The summed E-state index contributed by atoms with van der Waals surface area (Å²) in [7, 11) is 0. The average molecular weight is 457 g/mol. The third-order valence-corrected chi connectivity index (χ3v) is 7.58. The third-order valence-electron chi connectivity index (χ3n) is 7.58. The van der Waals surface area contributed by atoms with Crippen LogP contribution in [0.2, 0.25) is 0 Å². The Morgan fingerprint density at radius 2 is 0.722 bits per heavy atom. The predicted molar refractivity (Wildman–Crippen MR) is 159 cm³/mol. The molecule has 0 bridgehead atoms. The lowest BCUT2D eigenvalue weighted by Crippen LogP contribution is -1.90. The van der Waals surface area contributed by atoms with Gasteiger partial charge in [0.25, 0.3) is 0 Å². The Labute approximate surface area is 210 Å². The zero-order valence-electron chi connectivity index (χ0n) is 20.0. The highest BCUT2D eigenvalue weighted by atomic mass is 14.2. The Morgan fingerprint density at radius 1 is 0.361 bits per heavy atom. The molecule has 0 fully saturated rings. The van der Waals surface area contributed by atoms with Crippen molar-refractivity contribution in [3.05, 3.63) is 133 Å². The summed E-state index contributed by atoms with van der Waals surface area (Å²) in [6, 6.07) is 40.0. The number of benzene rings is 7. The van der Waals surface area contributed by atoms with Crippen LogP contribution in [0.5, 0.6) is 0 Å². The molecular weight excluding hydrogens is 432 g/mol. The van der Waals surface area contributed by atoms with Gasteiger partial charge >= 0.3 is 0 Å². The van der Waals surface area contributed by atoms with E-state index in [1.165, 1.54) is 65.3 Å². The highest BCUT2D eigenvalue weighted by Crippen LogP contribution is 2.45. The van der Waals surface area contributed by atoms with Gasteiger partial charge in [0, 0.05) is 0 Å². The molecule has 0 aromatic heterocycles. The average Bonchev–Trinajstić information content (AvgIpc) is 2.95. The SMILES string of the molecule is C=Cc1ccc(-c2ccc3c4cccc5c(-c6ccc(C=C)cc6)ccc(c6cccc2c63)c54)cc1. The summed E-state index contributed by atoms with van der Waals surface area (Å²) < 4.78 is 0. The molecule has 0 N–H and O–H groups in total. The standard InChI is InChI=1S/C36H24/c1-3-23-11-15-25(16-12-23)27-19-21-33-32-10-6-8-30-28(26-17-13-24(4-2)14-18-26)20-22-34(36(30)32)31-9-5-7-29(27)35(31)33/h3-22H,1-2H2. The molecule has 0 aliphatic rings. The molecule has 0 aliphatic carbocycles. The molecular formula is C36H24. The lowest BCUT2D eigenvalue weighted by Gasteiger charge is -2.18. The van der Waals surface area contributed by atoms with Crippen LogP contribution in [0.4, 0.5) is 0 Å². The summed E-state index contributed by atoms with van der Waals surface area (Å²) in [6.07, 6.45) is 3.78. The van der Waals surface area contributed by atoms with E-state index in [1.807, 2.05) is 12.2 Å². The quantitative estimate of drug-likeness (QED) is 0.182. The van der Waals surface area contributed by atoms with E-state index in [2.05, 4.69) is 122 Å². The maximum atomic E-state index is 3.89. The molecule has 0 saturated heterocycles. The van der Waals surface area contributed by atoms with Crippen molar-refractivity contribution in [3.63, 3.8) is 0 Å². The summed E-state index contributed by atoms with van der Waals surface area (Å²) >= 11 is 0. The molecule has 0 atom stereocenters. The summed E-state index contributed by atoms with van der Waals surface area (Å²) in [6.45, 7) is 7.79. The van der Waals surface area contributed by atoms with Crippen LogP contribution < -0.4 is 0 Å². The van der Waals surface area contributed by atoms with Gasteiger partial charge in [-0.3, -0.25) is 0 Å². The van der Waals surface area contributed by atoms with Crippen LogP contribution >= 0.6 is 0 Å². The van der Waals surface area contributed by atoms with E-state index in [4.69, 9.17) is 0 Å². The van der Waals surface area contributed by atoms with Gasteiger partial charge in [-0.15, -0.1) is 0 Å². The molecule has 0 radical (unpaired) electrons. The third kappa shape index (κ3) is 2.95. The molecule has 168 valence electrons. The summed E-state index contributed by atoms with van der Waals surface area (Å²) in [5, 5.41) is 10.5. The van der Waals surface area contributed by atoms with Crippen LogP contribution in [-0.2, 0) is 0 Å². The van der Waals surface area contributed by atoms with Crippen molar-refractivity contribution in [2.75, 3.05) is 0 Å². The first-order valence-electron chi connectivity index (χ1n) is 12.3. The summed E-state index contributed by atoms with van der Waals surface area (Å²) in [4.78, 5) is 0. The fraction of sp³-hybridized carbons (Fsp3) is 0. The van der Waals surface area contributed by atoms with Crippen molar-refractivity contribution in [1.29, 1.82) is 0 Å². The van der Waals surface area contributed by atoms with E-state index >= 15 is 0 Å². The van der Waals surface area contributed by atoms with Crippen LogP contribution in [-0.4, -0.2) is 0 Å². The zero-order valence-corrected chi connectivity index (χ0v) is 20.0. The molecule has 0 nitrogen and oxygen atoms in total. The minimum atomic E-state index is 1.14. The lowest BCUT2D eigenvalue weighted by molar-refractivity contribution is 1.63. The highest BCUT2D eigenvalue weighted by Gasteiger charge is 2.17. The Bertz CT molecular complexity index is 1770. The molecule has 7 rings (SSSR count). The van der Waals surface area contributed by atoms with Crippen LogP contribution in [0, 0.1) is 0 Å². The van der Waals surface area contributed by atoms with Crippen LogP contribution in [0.3, 0.4) is 0 Å². The first-order valence-corrected chi connectivity index (χ1v) is 12.3. The number of hydrogen-bond acceptors (Lipinski definition) is 0. The molecule has 0 amide bonds. The van der Waals surface area contributed by atoms with Gasteiger partial charge in [-0.2, -0.15) is 0 Å². The Hall–Kier alpha value is -4.68. The molecule has 7 aromatic carbocycles. The largest absolute Gasteiger partial charge is 0.0985 e. The fourth-order valence-corrected chi connectivity index (χ4v) is 5.81. The Balaban J connectivity index is 1.56. The van der Waals surface area contributed by atoms with Crippen molar-refractivity contribution in [1.82, 2.24) is 0 Å². The second-order valence-corrected chi connectivity index (χ2v) is 9.43. The number of rotatable bonds is 4. The van der Waals surface area contributed by atoms with Gasteiger partial charge in [0.15, 0.2) is 0 Å². The van der Waals surface area contributed by atoms with Crippen molar-refractivity contribution in [2.24, 2.45) is 0 Å². The topological polar surface area (TPSA) is 0 Å². The van der Waals surface area contributed by atoms with Gasteiger partial charge in [-0.05, 0) is 76.5 Å². The van der Waals surface area contributed by atoms with Gasteiger partial charge < -0.3 is 0 Å². The van der Waals surface area contributed by atoms with Gasteiger partial charge in [-0.25, -0.2) is 0 Å². The maximum Gasteiger partial charge on any atom is -0.00201 e. The Morgan fingerprint density at radius 3 is 1.11 bits per heavy atom. The van der Waals surface area contributed by atoms with Crippen molar-refractivity contribution in [3.8, 4) is 22.3 Å². The second kappa shape index (κ2) is 7.93. The van der Waals surface area contributed by atoms with Gasteiger partial charge in [0.05, 0.1) is 0 Å². The number of fused-ring (bicyclic) bond motifs is 2. The van der Waals surface area contributed by atoms with Gasteiger partial charge in [0.1, 0.15) is 0 Å². The molecule has 0 aliphatic heterocycles. The van der Waals surface area contributed by atoms with E-state index in [9.17, 15) is 0 Å². The summed E-state index contributed by atoms with van der Waals surface area (Å²) in [5.41, 5.74) is 7.26. The van der Waals surface area contributed by atoms with E-state index in [-0.39, 0.29) is 0 Å². The first kappa shape index (κ1) is 20.7. The minimum absolute atomic E-state index is 1.14. The lowest BCUT2D eigenvalue weighted by atomic mass is 9.85. The molecule has 36 heavy (non-hydrogen) atoms. The van der Waals surface area contributed by atoms with E-state index < -0.39 is 0 Å². The fourth-order valence-electron chi connectivity index (χ4n) is 5.81. The number of hydrogen-bond donors (Lipinski definition) is 0. The van der Waals surface area contributed by atoms with Crippen LogP contribution in [0.15, 0.2) is 122 Å². The smallest absolute Gasteiger partial charge is 0.00201 e. The van der Waals surface area contributed by atoms with Gasteiger partial charge in [0.2, 0.25) is 0 Å². The second-order valence-electron chi connectivity index (χ2n) is 9.43. The molecule has 0 unspecified atom stereocenters. The van der Waals surface area contributed by atoms with Gasteiger partial charge in [-0.1, -0.05) is 135 Å². The molecule has 0 heteroatoms. The van der Waals surface area contributed by atoms with Crippen molar-refractivity contribution >= 4 is 55.2 Å². The highest BCUT2D eigenvalue weighted by molar-refractivity contribution is 6.35. The van der Waals surface area contributed by atoms with Crippen LogP contribution in [0.25, 0.3) is 77.5 Å². The summed E-state index contributed by atoms with van der Waals surface area (Å²) in [5.74, 6) is 0. The van der Waals surface area contributed by atoms with Crippen LogP contribution in [0.1, 0.15) is 11.1 Å². The maximum absolute atomic E-state index is 3.89. The normalized spacial score (nSPS) is 11.6. The van der Waals surface area contributed by atoms with Crippen molar-refractivity contribution in [2.45, 2.75) is 0 Å². The minimum Gasteiger partial charge on any atom is -0.0985 e. The first-order chi connectivity index (χ1) is 17.8. The Kier molecular flexibility index (Phi) is 4.56. The molecule has 0 saturated carbocycles. The van der Waals surface area contributed by atoms with E-state index in [0.717, 1.165) is 11.1 Å². The monoisotopic (exact) mass is 456 g/mol. The molecule has 7 aromatic rings. The predicted octanol–water partition coefficient (Wildman–Crippen LogP) is 10.4. The zero-order chi connectivity index (χ0) is 24.2. The van der Waals surface area contributed by atoms with E-state index in [1.54, 1.807) is 0 Å². The van der Waals surface area contributed by atoms with E-state index in [0.29, 0.717) is 0 Å². The van der Waals surface area contributed by atoms with Crippen molar-refractivity contribution < 1.29 is 0 Å².